The van der Waals surface area contributed by atoms with Crippen LogP contribution >= 0.6 is 0 Å². The maximum atomic E-state index is 3.56. The minimum absolute atomic E-state index is 0. The van der Waals surface area contributed by atoms with Crippen molar-refractivity contribution in [2.45, 2.75) is 13.8 Å². The molecule has 0 radical (unpaired) electrons. The van der Waals surface area contributed by atoms with Gasteiger partial charge in [-0.2, -0.15) is 0 Å². The molecule has 0 aromatic rings. The first-order chi connectivity index (χ1) is 1.73. The summed E-state index contributed by atoms with van der Waals surface area (Å²) < 4.78 is 0. The van der Waals surface area contributed by atoms with E-state index in [1.165, 1.54) is 5.57 Å². The minimum atomic E-state index is 0. The summed E-state index contributed by atoms with van der Waals surface area (Å²) in [6.07, 6.45) is 0. The Morgan fingerprint density at radius 2 is 1.60 bits per heavy atom. The standard InChI is InChI=1S/C4H8.Li.H/c1-4(2)3;;/h1H2,2-3H3;;/q;+1;-1. The second-order valence-electron chi connectivity index (χ2n) is 1.21. The zero-order valence-electron chi connectivity index (χ0n) is 5.21. The molecule has 0 atom stereocenters. The first kappa shape index (κ1) is 9.02. The molecule has 0 rings (SSSR count). The van der Waals surface area contributed by atoms with Crippen LogP contribution in [0.5, 0.6) is 0 Å². The van der Waals surface area contributed by atoms with Gasteiger partial charge in [-0.15, -0.1) is 6.58 Å². The Balaban J connectivity index is -0.0000000450. The Labute approximate surface area is 46.9 Å². The van der Waals surface area contributed by atoms with Gasteiger partial charge in [0, 0.05) is 0 Å². The van der Waals surface area contributed by atoms with E-state index < -0.39 is 0 Å². The van der Waals surface area contributed by atoms with E-state index in [0.717, 1.165) is 0 Å². The van der Waals surface area contributed by atoms with Crippen molar-refractivity contribution in [1.82, 2.24) is 0 Å². The quantitative estimate of drug-likeness (QED) is 0.242. The molecule has 0 aliphatic rings. The predicted molar refractivity (Wildman–Crippen MR) is 21.6 cm³/mol. The first-order valence-electron chi connectivity index (χ1n) is 1.35. The Bertz CT molecular complexity index is 30.5. The molecule has 0 aromatic heterocycles. The van der Waals surface area contributed by atoms with E-state index in [0.29, 0.717) is 0 Å². The fraction of sp³-hybridized carbons (Fsp3) is 0.500. The zero-order valence-corrected chi connectivity index (χ0v) is 4.21. The average Bonchev–Trinajstić information content (AvgIpc) is 0.811. The molecule has 0 N–H and O–H groups in total. The van der Waals surface area contributed by atoms with E-state index in [-0.39, 0.29) is 20.3 Å². The molecular weight excluding hydrogens is 55.0 g/mol. The van der Waals surface area contributed by atoms with Gasteiger partial charge >= 0.3 is 18.9 Å². The van der Waals surface area contributed by atoms with Gasteiger partial charge in [0.1, 0.15) is 0 Å². The topological polar surface area (TPSA) is 0 Å². The van der Waals surface area contributed by atoms with Gasteiger partial charge in [0.05, 0.1) is 0 Å². The Morgan fingerprint density at radius 1 is 1.60 bits per heavy atom. The van der Waals surface area contributed by atoms with E-state index in [2.05, 4.69) is 6.58 Å². The second-order valence-corrected chi connectivity index (χ2v) is 1.21. The van der Waals surface area contributed by atoms with Crippen molar-refractivity contribution in [2.24, 2.45) is 0 Å². The van der Waals surface area contributed by atoms with Crippen molar-refractivity contribution < 1.29 is 20.3 Å². The van der Waals surface area contributed by atoms with E-state index >= 15 is 0 Å². The number of rotatable bonds is 0. The van der Waals surface area contributed by atoms with Gasteiger partial charge in [-0.3, -0.25) is 0 Å². The van der Waals surface area contributed by atoms with E-state index in [1.807, 2.05) is 13.8 Å². The molecule has 0 fully saturated rings. The van der Waals surface area contributed by atoms with E-state index in [1.54, 1.807) is 0 Å². The van der Waals surface area contributed by atoms with E-state index in [4.69, 9.17) is 0 Å². The molecule has 0 aliphatic heterocycles. The fourth-order valence-corrected chi connectivity index (χ4v) is 0. The van der Waals surface area contributed by atoms with Crippen molar-refractivity contribution in [2.75, 3.05) is 0 Å². The van der Waals surface area contributed by atoms with Crippen LogP contribution in [0.25, 0.3) is 0 Å². The monoisotopic (exact) mass is 64.1 g/mol. The van der Waals surface area contributed by atoms with Gasteiger partial charge in [0.15, 0.2) is 0 Å². The Morgan fingerprint density at radius 3 is 1.60 bits per heavy atom. The van der Waals surface area contributed by atoms with Gasteiger partial charge in [0.2, 0.25) is 0 Å². The summed E-state index contributed by atoms with van der Waals surface area (Å²) in [5, 5.41) is 0. The summed E-state index contributed by atoms with van der Waals surface area (Å²) in [6, 6.07) is 0. The summed E-state index contributed by atoms with van der Waals surface area (Å²) in [6.45, 7) is 7.50. The van der Waals surface area contributed by atoms with Crippen molar-refractivity contribution in [3.05, 3.63) is 12.2 Å². The van der Waals surface area contributed by atoms with Crippen LogP contribution in [0.4, 0.5) is 0 Å². The van der Waals surface area contributed by atoms with E-state index in [9.17, 15) is 0 Å². The second kappa shape index (κ2) is 4.34. The van der Waals surface area contributed by atoms with Crippen LogP contribution in [0, 0.1) is 0 Å². The summed E-state index contributed by atoms with van der Waals surface area (Å²) in [5.74, 6) is 0. The summed E-state index contributed by atoms with van der Waals surface area (Å²) in [7, 11) is 0. The van der Waals surface area contributed by atoms with Crippen LogP contribution in [-0.2, 0) is 0 Å². The normalized spacial score (nSPS) is 5.20. The molecule has 0 aliphatic carbocycles. The van der Waals surface area contributed by atoms with Gasteiger partial charge < -0.3 is 1.43 Å². The molecule has 0 amide bonds. The molecule has 0 bridgehead atoms. The van der Waals surface area contributed by atoms with Crippen molar-refractivity contribution in [3.8, 4) is 0 Å². The van der Waals surface area contributed by atoms with Gasteiger partial charge in [0.25, 0.3) is 0 Å². The molecule has 1 heteroatoms. The smallest absolute Gasteiger partial charge is 1.00 e. The largest absolute Gasteiger partial charge is 1.00 e. The maximum absolute atomic E-state index is 3.56. The fourth-order valence-electron chi connectivity index (χ4n) is 0. The van der Waals surface area contributed by atoms with Crippen LogP contribution < -0.4 is 18.9 Å². The average molecular weight is 64.1 g/mol. The molecule has 5 heavy (non-hydrogen) atoms. The Hall–Kier alpha value is 0.337. The van der Waals surface area contributed by atoms with Gasteiger partial charge in [-0.1, -0.05) is 5.57 Å². The Kier molecular flexibility index (Phi) is 7.82. The van der Waals surface area contributed by atoms with Crippen LogP contribution in [0.3, 0.4) is 0 Å². The number of hydrogen-bond acceptors (Lipinski definition) is 0. The van der Waals surface area contributed by atoms with Crippen molar-refractivity contribution >= 4 is 0 Å². The molecule has 0 spiro atoms. The zero-order chi connectivity index (χ0) is 3.58. The number of hydrogen-bond donors (Lipinski definition) is 0. The SMILES string of the molecule is C=C(C)C.[H-].[Li+]. The molecule has 0 saturated carbocycles. The molecular formula is C4H9Li. The molecule has 0 heterocycles. The predicted octanol–water partition coefficient (Wildman–Crippen LogP) is -1.30. The van der Waals surface area contributed by atoms with Crippen LogP contribution in [0.15, 0.2) is 12.2 Å². The maximum Gasteiger partial charge on any atom is 1.00 e. The molecule has 0 nitrogen and oxygen atoms in total. The van der Waals surface area contributed by atoms with Crippen molar-refractivity contribution in [3.63, 3.8) is 0 Å². The molecule has 0 aromatic carbocycles. The molecule has 0 saturated heterocycles. The minimum Gasteiger partial charge on any atom is -1.00 e. The molecule has 0 unspecified atom stereocenters. The first-order valence-corrected chi connectivity index (χ1v) is 1.35. The third-order valence-electron chi connectivity index (χ3n) is 0. The number of allylic oxidation sites excluding steroid dienone is 1. The van der Waals surface area contributed by atoms with Gasteiger partial charge in [-0.25, -0.2) is 0 Å². The third-order valence-corrected chi connectivity index (χ3v) is 0. The molecule has 26 valence electrons. The van der Waals surface area contributed by atoms with Crippen molar-refractivity contribution in [1.29, 1.82) is 0 Å². The van der Waals surface area contributed by atoms with Crippen LogP contribution in [-0.4, -0.2) is 0 Å². The summed E-state index contributed by atoms with van der Waals surface area (Å²) >= 11 is 0. The van der Waals surface area contributed by atoms with Crippen LogP contribution in [0.2, 0.25) is 0 Å². The van der Waals surface area contributed by atoms with Crippen LogP contribution in [0.1, 0.15) is 15.3 Å². The van der Waals surface area contributed by atoms with Gasteiger partial charge in [-0.05, 0) is 13.8 Å². The summed E-state index contributed by atoms with van der Waals surface area (Å²) in [4.78, 5) is 0. The summed E-state index contributed by atoms with van der Waals surface area (Å²) in [5.41, 5.74) is 1.17. The third kappa shape index (κ3) is 208.